The second-order valence-corrected chi connectivity index (χ2v) is 7.39. The van der Waals surface area contributed by atoms with Crippen LogP contribution in [0.15, 0.2) is 4.79 Å². The Morgan fingerprint density at radius 1 is 1.36 bits per heavy atom. The van der Waals surface area contributed by atoms with E-state index in [9.17, 15) is 9.59 Å². The van der Waals surface area contributed by atoms with Gasteiger partial charge in [0.15, 0.2) is 0 Å². The zero-order chi connectivity index (χ0) is 17.6. The average molecular weight is 363 g/mol. The molecule has 1 aliphatic carbocycles. The third kappa shape index (κ3) is 4.46. The Kier molecular flexibility index (Phi) is 6.20. The molecular formula is C18H25N3O3S. The van der Waals surface area contributed by atoms with Gasteiger partial charge in [0.1, 0.15) is 10.7 Å². The van der Waals surface area contributed by atoms with Crippen molar-refractivity contribution in [1.29, 1.82) is 0 Å². The van der Waals surface area contributed by atoms with E-state index in [-0.39, 0.29) is 11.5 Å². The summed E-state index contributed by atoms with van der Waals surface area (Å²) < 4.78 is 5.23. The zero-order valence-corrected chi connectivity index (χ0v) is 15.5. The summed E-state index contributed by atoms with van der Waals surface area (Å²) in [6.07, 6.45) is 5.94. The van der Waals surface area contributed by atoms with Crippen molar-refractivity contribution in [2.75, 3.05) is 19.8 Å². The number of nitrogens with zero attached hydrogens (tertiary/aromatic N) is 1. The van der Waals surface area contributed by atoms with Gasteiger partial charge >= 0.3 is 0 Å². The molecule has 0 aromatic carbocycles. The molecule has 0 aliphatic heterocycles. The third-order valence-electron chi connectivity index (χ3n) is 4.45. The molecule has 7 heteroatoms. The number of hydrogen-bond acceptors (Lipinski definition) is 5. The number of aromatic amines is 1. The van der Waals surface area contributed by atoms with E-state index in [0.717, 1.165) is 35.9 Å². The van der Waals surface area contributed by atoms with E-state index >= 15 is 0 Å². The maximum absolute atomic E-state index is 12.4. The molecule has 0 spiro atoms. The van der Waals surface area contributed by atoms with Gasteiger partial charge in [-0.2, -0.15) is 0 Å². The number of hydrogen-bond donors (Lipinski definition) is 2. The number of carbonyl (C=O) groups excluding carboxylic acids is 1. The Bertz CT molecular complexity index is 797. The highest BCUT2D eigenvalue weighted by molar-refractivity contribution is 7.18. The van der Waals surface area contributed by atoms with Crippen LogP contribution >= 0.6 is 11.3 Å². The molecule has 1 amide bonds. The summed E-state index contributed by atoms with van der Waals surface area (Å²) >= 11 is 1.64. The second-order valence-electron chi connectivity index (χ2n) is 6.30. The summed E-state index contributed by atoms with van der Waals surface area (Å²) in [5.41, 5.74) is 1.13. The molecule has 0 saturated heterocycles. The lowest BCUT2D eigenvalue weighted by molar-refractivity contribution is -0.121. The molecule has 6 nitrogen and oxygen atoms in total. The number of amides is 1. The van der Waals surface area contributed by atoms with Gasteiger partial charge < -0.3 is 15.0 Å². The van der Waals surface area contributed by atoms with E-state index < -0.39 is 0 Å². The molecule has 2 aromatic rings. The van der Waals surface area contributed by atoms with Gasteiger partial charge in [0, 0.05) is 37.5 Å². The maximum Gasteiger partial charge on any atom is 0.259 e. The van der Waals surface area contributed by atoms with Crippen LogP contribution in [0.3, 0.4) is 0 Å². The molecule has 2 aromatic heterocycles. The lowest BCUT2D eigenvalue weighted by atomic mass is 9.97. The van der Waals surface area contributed by atoms with Crippen molar-refractivity contribution in [3.63, 3.8) is 0 Å². The van der Waals surface area contributed by atoms with Crippen molar-refractivity contribution in [2.45, 2.75) is 51.9 Å². The molecule has 0 fully saturated rings. The highest BCUT2D eigenvalue weighted by atomic mass is 32.1. The summed E-state index contributed by atoms with van der Waals surface area (Å²) in [5.74, 6) is 0.574. The van der Waals surface area contributed by atoms with Gasteiger partial charge in [-0.15, -0.1) is 11.3 Å². The minimum absolute atomic E-state index is 0.0234. The van der Waals surface area contributed by atoms with Crippen molar-refractivity contribution in [2.24, 2.45) is 0 Å². The van der Waals surface area contributed by atoms with Crippen molar-refractivity contribution >= 4 is 27.5 Å². The summed E-state index contributed by atoms with van der Waals surface area (Å²) in [4.78, 5) is 33.9. The number of thiophene rings is 1. The Morgan fingerprint density at radius 3 is 3.04 bits per heavy atom. The van der Waals surface area contributed by atoms with Crippen molar-refractivity contribution in [3.8, 4) is 0 Å². The highest BCUT2D eigenvalue weighted by Crippen LogP contribution is 2.33. The van der Waals surface area contributed by atoms with E-state index in [4.69, 9.17) is 4.74 Å². The topological polar surface area (TPSA) is 84.1 Å². The number of nitrogens with one attached hydrogen (secondary N) is 2. The number of carbonyl (C=O) groups is 1. The number of H-pyrrole nitrogens is 1. The van der Waals surface area contributed by atoms with Gasteiger partial charge in [0.25, 0.3) is 5.56 Å². The average Bonchev–Trinajstić information content (AvgIpc) is 2.98. The fraction of sp³-hybridized carbons (Fsp3) is 0.611. The summed E-state index contributed by atoms with van der Waals surface area (Å²) in [7, 11) is 0. The van der Waals surface area contributed by atoms with Crippen molar-refractivity contribution < 1.29 is 9.53 Å². The predicted molar refractivity (Wildman–Crippen MR) is 99.3 cm³/mol. The van der Waals surface area contributed by atoms with Crippen LogP contribution in [0.5, 0.6) is 0 Å². The van der Waals surface area contributed by atoms with Crippen LogP contribution in [-0.4, -0.2) is 35.6 Å². The van der Waals surface area contributed by atoms with Crippen LogP contribution in [0.4, 0.5) is 0 Å². The fourth-order valence-electron chi connectivity index (χ4n) is 3.19. The van der Waals surface area contributed by atoms with E-state index in [1.807, 2.05) is 6.92 Å². The minimum Gasteiger partial charge on any atom is -0.382 e. The first-order chi connectivity index (χ1) is 12.2. The molecule has 0 atom stereocenters. The molecule has 0 unspecified atom stereocenters. The lowest BCUT2D eigenvalue weighted by Crippen LogP contribution is -2.26. The van der Waals surface area contributed by atoms with E-state index in [2.05, 4.69) is 15.3 Å². The Hall–Kier alpha value is -1.73. The first-order valence-electron chi connectivity index (χ1n) is 9.07. The monoisotopic (exact) mass is 363 g/mol. The largest absolute Gasteiger partial charge is 0.382 e. The van der Waals surface area contributed by atoms with E-state index in [1.165, 1.54) is 16.9 Å². The smallest absolute Gasteiger partial charge is 0.259 e. The van der Waals surface area contributed by atoms with E-state index in [0.29, 0.717) is 38.4 Å². The van der Waals surface area contributed by atoms with Crippen LogP contribution in [0, 0.1) is 0 Å². The number of aryl methyl sites for hydroxylation is 3. The molecule has 0 bridgehead atoms. The van der Waals surface area contributed by atoms with Crippen molar-refractivity contribution in [3.05, 3.63) is 26.6 Å². The van der Waals surface area contributed by atoms with Gasteiger partial charge in [-0.3, -0.25) is 9.59 Å². The maximum atomic E-state index is 12.4. The highest BCUT2D eigenvalue weighted by Gasteiger charge is 2.19. The Balaban J connectivity index is 1.59. The molecule has 2 heterocycles. The molecule has 25 heavy (non-hydrogen) atoms. The summed E-state index contributed by atoms with van der Waals surface area (Å²) in [6.45, 7) is 3.92. The molecular weight excluding hydrogens is 338 g/mol. The number of rotatable bonds is 8. The Morgan fingerprint density at radius 2 is 2.20 bits per heavy atom. The number of fused-ring (bicyclic) bond motifs is 3. The lowest BCUT2D eigenvalue weighted by Gasteiger charge is -2.09. The normalized spacial score (nSPS) is 13.8. The Labute approximate surface area is 151 Å². The molecule has 136 valence electrons. The first-order valence-corrected chi connectivity index (χ1v) is 9.88. The van der Waals surface area contributed by atoms with E-state index in [1.54, 1.807) is 11.3 Å². The molecule has 1 aliphatic rings. The van der Waals surface area contributed by atoms with Gasteiger partial charge in [0.05, 0.1) is 5.39 Å². The van der Waals surface area contributed by atoms with Gasteiger partial charge in [-0.05, 0) is 44.6 Å². The number of ether oxygens (including phenoxy) is 1. The van der Waals surface area contributed by atoms with Gasteiger partial charge in [0.2, 0.25) is 5.91 Å². The van der Waals surface area contributed by atoms with Crippen LogP contribution in [0.2, 0.25) is 0 Å². The number of aromatic nitrogens is 2. The quantitative estimate of drug-likeness (QED) is 0.705. The summed E-state index contributed by atoms with van der Waals surface area (Å²) in [5, 5.41) is 3.63. The fourth-order valence-corrected chi connectivity index (χ4v) is 4.47. The standard InChI is InChI=1S/C18H25N3O3S/c1-2-24-11-5-10-19-15(22)9-8-14-20-17(23)16-12-6-3-4-7-13(12)25-18(16)21-14/h2-11H2,1H3,(H,19,22)(H,20,21,23). The SMILES string of the molecule is CCOCCCNC(=O)CCc1nc2sc3c(c2c(=O)[nH]1)CCCC3. The van der Waals surface area contributed by atoms with Crippen LogP contribution in [0.25, 0.3) is 10.2 Å². The van der Waals surface area contributed by atoms with Crippen molar-refractivity contribution in [1.82, 2.24) is 15.3 Å². The second kappa shape index (κ2) is 8.58. The molecule has 2 N–H and O–H groups in total. The zero-order valence-electron chi connectivity index (χ0n) is 14.7. The summed E-state index contributed by atoms with van der Waals surface area (Å²) in [6, 6.07) is 0. The van der Waals surface area contributed by atoms with Crippen LogP contribution in [-0.2, 0) is 28.8 Å². The van der Waals surface area contributed by atoms with Gasteiger partial charge in [-0.1, -0.05) is 0 Å². The first kappa shape index (κ1) is 18.1. The third-order valence-corrected chi connectivity index (χ3v) is 5.64. The van der Waals surface area contributed by atoms with Crippen LogP contribution < -0.4 is 10.9 Å². The van der Waals surface area contributed by atoms with Crippen LogP contribution in [0.1, 0.15) is 48.9 Å². The predicted octanol–water partition coefficient (Wildman–Crippen LogP) is 2.34. The minimum atomic E-state index is -0.0588. The van der Waals surface area contributed by atoms with Gasteiger partial charge in [-0.25, -0.2) is 4.98 Å². The molecule has 0 radical (unpaired) electrons. The molecule has 3 rings (SSSR count). The molecule has 0 saturated carbocycles.